The largest absolute Gasteiger partial charge is 0.496 e. The number of hydrogen-bond acceptors (Lipinski definition) is 3. The Morgan fingerprint density at radius 3 is 2.55 bits per heavy atom. The second kappa shape index (κ2) is 5.36. The summed E-state index contributed by atoms with van der Waals surface area (Å²) < 4.78 is 6.99. The second-order valence-corrected chi connectivity index (χ2v) is 4.76. The van der Waals surface area contributed by atoms with E-state index in [1.54, 1.807) is 17.9 Å². The van der Waals surface area contributed by atoms with Gasteiger partial charge in [0.2, 0.25) is 0 Å². The highest BCUT2D eigenvalue weighted by atomic mass is 16.5. The minimum atomic E-state index is -0.152. The Morgan fingerprint density at radius 2 is 2.00 bits per heavy atom. The van der Waals surface area contributed by atoms with Gasteiger partial charge in [0.05, 0.1) is 24.2 Å². The lowest BCUT2D eigenvalue weighted by Gasteiger charge is -2.11. The molecule has 2 rings (SSSR count). The van der Waals surface area contributed by atoms with Gasteiger partial charge in [-0.3, -0.25) is 9.48 Å². The number of nitrogens with zero attached hydrogens (tertiary/aromatic N) is 2. The molecule has 5 nitrogen and oxygen atoms in total. The highest BCUT2D eigenvalue weighted by Crippen LogP contribution is 2.24. The summed E-state index contributed by atoms with van der Waals surface area (Å²) in [6, 6.07) is 5.44. The first kappa shape index (κ1) is 14.1. The quantitative estimate of drug-likeness (QED) is 0.935. The number of nitrogens with one attached hydrogen (secondary N) is 1. The van der Waals surface area contributed by atoms with Crippen LogP contribution in [0.4, 0.5) is 5.69 Å². The van der Waals surface area contributed by atoms with E-state index >= 15 is 0 Å². The van der Waals surface area contributed by atoms with Crippen LogP contribution in [-0.2, 0) is 7.05 Å². The zero-order chi connectivity index (χ0) is 14.9. The number of aryl methyl sites for hydroxylation is 2. The Labute approximate surface area is 118 Å². The van der Waals surface area contributed by atoms with Crippen molar-refractivity contribution in [2.45, 2.75) is 20.8 Å². The van der Waals surface area contributed by atoms with Gasteiger partial charge >= 0.3 is 0 Å². The van der Waals surface area contributed by atoms with Crippen LogP contribution >= 0.6 is 0 Å². The van der Waals surface area contributed by atoms with E-state index in [1.165, 1.54) is 0 Å². The number of aromatic nitrogens is 2. The molecule has 5 heteroatoms. The molecule has 0 aliphatic carbocycles. The van der Waals surface area contributed by atoms with E-state index < -0.39 is 0 Å². The third-order valence-electron chi connectivity index (χ3n) is 3.50. The number of carbonyl (C=O) groups excluding carboxylic acids is 1. The van der Waals surface area contributed by atoms with Gasteiger partial charge in [0, 0.05) is 18.2 Å². The van der Waals surface area contributed by atoms with Gasteiger partial charge in [-0.2, -0.15) is 5.10 Å². The number of benzene rings is 1. The molecule has 0 atom stereocenters. The third-order valence-corrected chi connectivity index (χ3v) is 3.50. The van der Waals surface area contributed by atoms with Crippen LogP contribution in [0.15, 0.2) is 18.2 Å². The van der Waals surface area contributed by atoms with Crippen LogP contribution in [0.5, 0.6) is 5.75 Å². The zero-order valence-corrected chi connectivity index (χ0v) is 12.4. The van der Waals surface area contributed by atoms with Crippen molar-refractivity contribution in [1.82, 2.24) is 9.78 Å². The Morgan fingerprint density at radius 1 is 1.30 bits per heavy atom. The standard InChI is InChI=1S/C15H19N3O2/c1-9-12(7-6-8-13(9)20-5)15(19)16-14-10(2)17-18(4)11(14)3/h6-8H,1-5H3,(H,16,19). The molecular weight excluding hydrogens is 254 g/mol. The predicted octanol–water partition coefficient (Wildman–Crippen LogP) is 2.61. The molecule has 1 aromatic carbocycles. The number of amides is 1. The zero-order valence-electron chi connectivity index (χ0n) is 12.4. The first-order valence-electron chi connectivity index (χ1n) is 6.40. The fourth-order valence-electron chi connectivity index (χ4n) is 2.22. The first-order valence-corrected chi connectivity index (χ1v) is 6.40. The Balaban J connectivity index is 2.33. The van der Waals surface area contributed by atoms with Crippen LogP contribution in [0.2, 0.25) is 0 Å². The summed E-state index contributed by atoms with van der Waals surface area (Å²) in [4.78, 5) is 12.4. The SMILES string of the molecule is COc1cccc(C(=O)Nc2c(C)nn(C)c2C)c1C. The topological polar surface area (TPSA) is 56.1 Å². The summed E-state index contributed by atoms with van der Waals surface area (Å²) in [5.41, 5.74) is 3.92. The summed E-state index contributed by atoms with van der Waals surface area (Å²) in [5, 5.41) is 7.22. The van der Waals surface area contributed by atoms with Crippen LogP contribution in [0.3, 0.4) is 0 Å². The second-order valence-electron chi connectivity index (χ2n) is 4.76. The number of hydrogen-bond donors (Lipinski definition) is 1. The summed E-state index contributed by atoms with van der Waals surface area (Å²) in [6.45, 7) is 5.67. The van der Waals surface area contributed by atoms with E-state index in [0.29, 0.717) is 11.3 Å². The van der Waals surface area contributed by atoms with Crippen molar-refractivity contribution in [3.8, 4) is 5.75 Å². The van der Waals surface area contributed by atoms with Gasteiger partial charge in [-0.15, -0.1) is 0 Å². The van der Waals surface area contributed by atoms with Crippen LogP contribution in [0, 0.1) is 20.8 Å². The monoisotopic (exact) mass is 273 g/mol. The number of ether oxygens (including phenoxy) is 1. The highest BCUT2D eigenvalue weighted by Gasteiger charge is 2.16. The first-order chi connectivity index (χ1) is 9.45. The molecule has 106 valence electrons. The molecular formula is C15H19N3O2. The van der Waals surface area contributed by atoms with Crippen LogP contribution in [0.1, 0.15) is 27.3 Å². The van der Waals surface area contributed by atoms with Gasteiger partial charge in [-0.1, -0.05) is 6.07 Å². The normalized spacial score (nSPS) is 10.4. The van der Waals surface area contributed by atoms with Crippen molar-refractivity contribution in [3.63, 3.8) is 0 Å². The van der Waals surface area contributed by atoms with Crippen LogP contribution < -0.4 is 10.1 Å². The minimum Gasteiger partial charge on any atom is -0.496 e. The van der Waals surface area contributed by atoms with E-state index in [2.05, 4.69) is 10.4 Å². The van der Waals surface area contributed by atoms with Crippen molar-refractivity contribution in [2.75, 3.05) is 12.4 Å². The molecule has 0 saturated carbocycles. The lowest BCUT2D eigenvalue weighted by Crippen LogP contribution is -2.15. The van der Waals surface area contributed by atoms with Crippen molar-refractivity contribution in [2.24, 2.45) is 7.05 Å². The lowest BCUT2D eigenvalue weighted by molar-refractivity contribution is 0.102. The van der Waals surface area contributed by atoms with Crippen molar-refractivity contribution >= 4 is 11.6 Å². The third kappa shape index (κ3) is 2.39. The lowest BCUT2D eigenvalue weighted by atomic mass is 10.1. The number of anilines is 1. The highest BCUT2D eigenvalue weighted by molar-refractivity contribution is 6.06. The Bertz CT molecular complexity index is 659. The van der Waals surface area contributed by atoms with Crippen molar-refractivity contribution in [3.05, 3.63) is 40.7 Å². The van der Waals surface area contributed by atoms with Gasteiger partial charge in [0.1, 0.15) is 5.75 Å². The van der Waals surface area contributed by atoms with E-state index in [0.717, 1.165) is 22.6 Å². The van der Waals surface area contributed by atoms with Gasteiger partial charge < -0.3 is 10.1 Å². The number of carbonyl (C=O) groups is 1. The number of methoxy groups -OCH3 is 1. The summed E-state index contributed by atoms with van der Waals surface area (Å²) in [6.07, 6.45) is 0. The molecule has 0 fully saturated rings. The van der Waals surface area contributed by atoms with Crippen molar-refractivity contribution in [1.29, 1.82) is 0 Å². The van der Waals surface area contributed by atoms with Gasteiger partial charge in [-0.05, 0) is 32.9 Å². The van der Waals surface area contributed by atoms with E-state index in [9.17, 15) is 4.79 Å². The Hall–Kier alpha value is -2.30. The molecule has 1 aromatic heterocycles. The van der Waals surface area contributed by atoms with E-state index in [-0.39, 0.29) is 5.91 Å². The minimum absolute atomic E-state index is 0.152. The summed E-state index contributed by atoms with van der Waals surface area (Å²) in [5.74, 6) is 0.554. The fraction of sp³-hybridized carbons (Fsp3) is 0.333. The van der Waals surface area contributed by atoms with E-state index in [1.807, 2.05) is 40.0 Å². The maximum absolute atomic E-state index is 12.4. The molecule has 0 aliphatic rings. The maximum Gasteiger partial charge on any atom is 0.256 e. The van der Waals surface area contributed by atoms with Gasteiger partial charge in [0.15, 0.2) is 0 Å². The van der Waals surface area contributed by atoms with Gasteiger partial charge in [-0.25, -0.2) is 0 Å². The molecule has 1 heterocycles. The average molecular weight is 273 g/mol. The number of rotatable bonds is 3. The fourth-order valence-corrected chi connectivity index (χ4v) is 2.22. The molecule has 0 unspecified atom stereocenters. The molecule has 1 N–H and O–H groups in total. The Kier molecular flexibility index (Phi) is 3.79. The van der Waals surface area contributed by atoms with Gasteiger partial charge in [0.25, 0.3) is 5.91 Å². The summed E-state index contributed by atoms with van der Waals surface area (Å²) in [7, 11) is 3.45. The molecule has 20 heavy (non-hydrogen) atoms. The maximum atomic E-state index is 12.4. The average Bonchev–Trinajstić information content (AvgIpc) is 2.65. The molecule has 2 aromatic rings. The van der Waals surface area contributed by atoms with Crippen LogP contribution in [0.25, 0.3) is 0 Å². The molecule has 0 bridgehead atoms. The van der Waals surface area contributed by atoms with Crippen molar-refractivity contribution < 1.29 is 9.53 Å². The van der Waals surface area contributed by atoms with E-state index in [4.69, 9.17) is 4.74 Å². The van der Waals surface area contributed by atoms with Crippen LogP contribution in [-0.4, -0.2) is 22.8 Å². The smallest absolute Gasteiger partial charge is 0.256 e. The molecule has 0 aliphatic heterocycles. The molecule has 0 radical (unpaired) electrons. The molecule has 0 saturated heterocycles. The predicted molar refractivity (Wildman–Crippen MR) is 78.4 cm³/mol. The summed E-state index contributed by atoms with van der Waals surface area (Å²) >= 11 is 0. The molecule has 0 spiro atoms. The molecule has 1 amide bonds.